The maximum atomic E-state index is 11.9. The minimum absolute atomic E-state index is 0.716. The summed E-state index contributed by atoms with van der Waals surface area (Å²) in [6.45, 7) is -0.112. The van der Waals surface area contributed by atoms with Crippen LogP contribution in [0, 0.1) is 0 Å². The number of aliphatic hydroxyl groups excluding tert-OH is 1. The van der Waals surface area contributed by atoms with Gasteiger partial charge in [-0.3, -0.25) is 23.7 Å². The normalized spacial score (nSPS) is 27.4. The van der Waals surface area contributed by atoms with Crippen molar-refractivity contribution >= 4 is 29.4 Å². The molecule has 21 heteroatoms. The lowest BCUT2D eigenvalue weighted by Crippen LogP contribution is -2.39. The van der Waals surface area contributed by atoms with E-state index in [4.69, 9.17) is 24.2 Å². The molecule has 1 aromatic rings. The van der Waals surface area contributed by atoms with Crippen LogP contribution in [0.5, 0.6) is 0 Å². The Hall–Kier alpha value is -1.52. The number of nitrogens with one attached hydrogen (secondary N) is 1. The Labute approximate surface area is 176 Å². The van der Waals surface area contributed by atoms with Crippen molar-refractivity contribution in [2.45, 2.75) is 31.5 Å². The number of rotatable bonds is 9. The van der Waals surface area contributed by atoms with Gasteiger partial charge in [0.1, 0.15) is 12.2 Å². The number of aliphatic hydroxyl groups is 1. The Bertz CT molecular complexity index is 1110. The van der Waals surface area contributed by atoms with E-state index in [1.807, 2.05) is 4.98 Å². The number of carbonyl (C=O) groups excluding carboxylic acids is 1. The summed E-state index contributed by atoms with van der Waals surface area (Å²) < 4.78 is 56.2. The standard InChI is InChI=1S/C11H17N2O16P3/c1-5(14)26-9-6(4-25-31(21,22)29-32(23,24)28-30(18,19)20)27-10(8(9)16)13-3-2-7(15)12-11(13)17/h2-3,6,8-10,16H,4H2,1H3,(H,21,22)(H,23,24)(H,12,15,17)(H2,18,19,20)/t6-,8-,9-,10-/m1/s1. The molecule has 1 saturated heterocycles. The highest BCUT2D eigenvalue weighted by atomic mass is 31.3. The second-order valence-corrected chi connectivity index (χ2v) is 10.5. The fourth-order valence-corrected chi connectivity index (χ4v) is 5.55. The molecule has 0 bridgehead atoms. The highest BCUT2D eigenvalue weighted by Crippen LogP contribution is 2.66. The summed E-state index contributed by atoms with van der Waals surface area (Å²) in [4.78, 5) is 72.0. The van der Waals surface area contributed by atoms with E-state index >= 15 is 0 Å². The number of H-pyrrole nitrogens is 1. The summed E-state index contributed by atoms with van der Waals surface area (Å²) in [6, 6.07) is 0.914. The lowest BCUT2D eigenvalue weighted by molar-refractivity contribution is -0.153. The third kappa shape index (κ3) is 7.52. The minimum atomic E-state index is -5.77. The molecule has 0 aliphatic carbocycles. The van der Waals surface area contributed by atoms with Crippen LogP contribution in [0.4, 0.5) is 0 Å². The molecule has 0 saturated carbocycles. The molecule has 0 aromatic carbocycles. The molecule has 0 spiro atoms. The van der Waals surface area contributed by atoms with Crippen molar-refractivity contribution in [3.05, 3.63) is 33.1 Å². The average molecular weight is 526 g/mol. The first kappa shape index (κ1) is 26.7. The number of hydrogen-bond donors (Lipinski definition) is 6. The molecule has 182 valence electrons. The van der Waals surface area contributed by atoms with E-state index in [1.165, 1.54) is 0 Å². The molecule has 1 aliphatic rings. The van der Waals surface area contributed by atoms with E-state index < -0.39 is 71.8 Å². The zero-order valence-electron chi connectivity index (χ0n) is 15.7. The molecule has 2 rings (SSSR count). The van der Waals surface area contributed by atoms with E-state index in [0.29, 0.717) is 4.57 Å². The van der Waals surface area contributed by atoms with Crippen LogP contribution in [-0.2, 0) is 41.1 Å². The van der Waals surface area contributed by atoms with Crippen molar-refractivity contribution in [2.75, 3.05) is 6.61 Å². The fraction of sp³-hybridized carbons (Fsp3) is 0.545. The first-order valence-electron chi connectivity index (χ1n) is 8.10. The van der Waals surface area contributed by atoms with Gasteiger partial charge in [-0.15, -0.1) is 0 Å². The summed E-state index contributed by atoms with van der Waals surface area (Å²) in [5.41, 5.74) is -1.78. The molecule has 1 fully saturated rings. The molecular formula is C11H17N2O16P3. The number of phosphoric ester groups is 1. The van der Waals surface area contributed by atoms with Gasteiger partial charge in [-0.2, -0.15) is 8.62 Å². The van der Waals surface area contributed by atoms with Crippen LogP contribution in [0.25, 0.3) is 0 Å². The minimum Gasteiger partial charge on any atom is -0.457 e. The summed E-state index contributed by atoms with van der Waals surface area (Å²) in [6.07, 6.45) is -5.54. The van der Waals surface area contributed by atoms with Gasteiger partial charge in [0.25, 0.3) is 5.56 Å². The lowest BCUT2D eigenvalue weighted by atomic mass is 10.1. The van der Waals surface area contributed by atoms with E-state index in [0.717, 1.165) is 19.2 Å². The van der Waals surface area contributed by atoms with E-state index in [9.17, 15) is 38.1 Å². The molecule has 2 heterocycles. The highest BCUT2D eigenvalue weighted by Gasteiger charge is 2.49. The second-order valence-electron chi connectivity index (χ2n) is 6.03. The number of phosphoric acid groups is 3. The summed E-state index contributed by atoms with van der Waals surface area (Å²) in [5.74, 6) is -0.935. The summed E-state index contributed by atoms with van der Waals surface area (Å²) in [5, 5.41) is 10.4. The molecule has 18 nitrogen and oxygen atoms in total. The smallest absolute Gasteiger partial charge is 0.457 e. The quantitative estimate of drug-likeness (QED) is 0.151. The predicted molar refractivity (Wildman–Crippen MR) is 96.6 cm³/mol. The number of ether oxygens (including phenoxy) is 2. The number of hydrogen-bond acceptors (Lipinski definition) is 12. The molecular weight excluding hydrogens is 509 g/mol. The van der Waals surface area contributed by atoms with Gasteiger partial charge in [0, 0.05) is 19.2 Å². The first-order chi connectivity index (χ1) is 14.5. The van der Waals surface area contributed by atoms with Crippen LogP contribution in [0.3, 0.4) is 0 Å². The molecule has 1 aromatic heterocycles. The number of aromatic nitrogens is 2. The first-order valence-corrected chi connectivity index (χ1v) is 12.6. The molecule has 32 heavy (non-hydrogen) atoms. The Morgan fingerprint density at radius 3 is 2.31 bits per heavy atom. The van der Waals surface area contributed by atoms with E-state index in [-0.39, 0.29) is 0 Å². The van der Waals surface area contributed by atoms with Crippen molar-refractivity contribution in [3.8, 4) is 0 Å². The van der Waals surface area contributed by atoms with Gasteiger partial charge in [0.2, 0.25) is 0 Å². The largest absolute Gasteiger partial charge is 0.490 e. The lowest BCUT2D eigenvalue weighted by Gasteiger charge is -2.21. The third-order valence-corrected chi connectivity index (χ3v) is 7.36. The van der Waals surface area contributed by atoms with Crippen LogP contribution >= 0.6 is 23.5 Å². The van der Waals surface area contributed by atoms with Crippen LogP contribution < -0.4 is 11.2 Å². The van der Waals surface area contributed by atoms with Gasteiger partial charge in [0.05, 0.1) is 6.61 Å². The van der Waals surface area contributed by atoms with Crippen molar-refractivity contribution < 1.29 is 65.8 Å². The topological polar surface area (TPSA) is 270 Å². The third-order valence-electron chi connectivity index (χ3n) is 3.55. The average Bonchev–Trinajstić information content (AvgIpc) is 2.86. The molecule has 0 radical (unpaired) electrons. The SMILES string of the molecule is CC(=O)O[C@H]1[C@@H](O)[C@H](n2ccc(=O)[nH]c2=O)O[C@@H]1COP(=O)(O)OP(=O)(O)OP(=O)(O)O. The monoisotopic (exact) mass is 526 g/mol. The molecule has 1 aliphatic heterocycles. The van der Waals surface area contributed by atoms with Crippen LogP contribution in [0.15, 0.2) is 21.9 Å². The van der Waals surface area contributed by atoms with Crippen molar-refractivity contribution in [2.24, 2.45) is 0 Å². The van der Waals surface area contributed by atoms with Gasteiger partial charge in [-0.25, -0.2) is 18.5 Å². The van der Waals surface area contributed by atoms with Crippen molar-refractivity contribution in [1.29, 1.82) is 0 Å². The van der Waals surface area contributed by atoms with Crippen LogP contribution in [0.1, 0.15) is 13.2 Å². The van der Waals surface area contributed by atoms with E-state index in [2.05, 4.69) is 13.1 Å². The Morgan fingerprint density at radius 2 is 1.78 bits per heavy atom. The van der Waals surface area contributed by atoms with Crippen molar-refractivity contribution in [1.82, 2.24) is 9.55 Å². The highest BCUT2D eigenvalue weighted by molar-refractivity contribution is 7.66. The Morgan fingerprint density at radius 1 is 1.16 bits per heavy atom. The van der Waals surface area contributed by atoms with Crippen LogP contribution in [0.2, 0.25) is 0 Å². The fourth-order valence-electron chi connectivity index (χ4n) is 2.52. The molecule has 0 amide bonds. The second kappa shape index (κ2) is 9.77. The molecule has 6 N–H and O–H groups in total. The Balaban J connectivity index is 2.19. The molecule has 6 atom stereocenters. The zero-order valence-corrected chi connectivity index (χ0v) is 18.4. The van der Waals surface area contributed by atoms with Gasteiger partial charge in [-0.05, 0) is 0 Å². The van der Waals surface area contributed by atoms with Gasteiger partial charge in [-0.1, -0.05) is 0 Å². The molecule has 2 unspecified atom stereocenters. The number of nitrogens with zero attached hydrogens (tertiary/aromatic N) is 1. The van der Waals surface area contributed by atoms with Gasteiger partial charge < -0.3 is 34.2 Å². The van der Waals surface area contributed by atoms with Crippen LogP contribution in [-0.4, -0.2) is 65.1 Å². The summed E-state index contributed by atoms with van der Waals surface area (Å²) >= 11 is 0. The summed E-state index contributed by atoms with van der Waals surface area (Å²) in [7, 11) is -16.9. The maximum absolute atomic E-state index is 11.9. The number of aromatic amines is 1. The maximum Gasteiger partial charge on any atom is 0.490 e. The van der Waals surface area contributed by atoms with Gasteiger partial charge >= 0.3 is 35.1 Å². The number of esters is 1. The van der Waals surface area contributed by atoms with E-state index in [1.54, 1.807) is 0 Å². The zero-order chi connectivity index (χ0) is 24.5. The number of carbonyl (C=O) groups is 1. The predicted octanol–water partition coefficient (Wildman–Crippen LogP) is -1.93. The van der Waals surface area contributed by atoms with Gasteiger partial charge in [0.15, 0.2) is 12.3 Å². The van der Waals surface area contributed by atoms with Crippen molar-refractivity contribution in [3.63, 3.8) is 0 Å². The Kier molecular flexibility index (Phi) is 8.16.